The Bertz CT molecular complexity index is 1020. The van der Waals surface area contributed by atoms with E-state index in [1.807, 2.05) is 55.5 Å². The second-order valence-electron chi connectivity index (χ2n) is 7.93. The first-order valence-electron chi connectivity index (χ1n) is 10.3. The van der Waals surface area contributed by atoms with Gasteiger partial charge in [0.2, 0.25) is 0 Å². The van der Waals surface area contributed by atoms with E-state index in [4.69, 9.17) is 43.5 Å². The molecule has 0 aromatic heterocycles. The van der Waals surface area contributed by atoms with Gasteiger partial charge in [0.05, 0.1) is 12.7 Å². The minimum absolute atomic E-state index is 0.293. The zero-order chi connectivity index (χ0) is 23.1. The molecule has 2 unspecified atom stereocenters. The molecule has 170 valence electrons. The van der Waals surface area contributed by atoms with E-state index in [2.05, 4.69) is 0 Å². The van der Waals surface area contributed by atoms with Crippen LogP contribution >= 0.6 is 23.2 Å². The minimum Gasteiger partial charge on any atom is -0.489 e. The van der Waals surface area contributed by atoms with Gasteiger partial charge in [0.1, 0.15) is 23.9 Å². The number of hydrogen-bond donors (Lipinski definition) is 3. The summed E-state index contributed by atoms with van der Waals surface area (Å²) in [5.41, 5.74) is 7.42. The Balaban J connectivity index is 1.65. The summed E-state index contributed by atoms with van der Waals surface area (Å²) in [5, 5.41) is 19.8. The van der Waals surface area contributed by atoms with Crippen molar-refractivity contribution in [3.05, 3.63) is 87.9 Å². The summed E-state index contributed by atoms with van der Waals surface area (Å²) < 4.78 is 11.8. The van der Waals surface area contributed by atoms with Crippen molar-refractivity contribution in [3.8, 4) is 17.2 Å². The van der Waals surface area contributed by atoms with Crippen LogP contribution in [-0.2, 0) is 12.1 Å². The summed E-state index contributed by atoms with van der Waals surface area (Å²) in [6.07, 6.45) is 0.0520. The van der Waals surface area contributed by atoms with E-state index in [-0.39, 0.29) is 6.61 Å². The Kier molecular flexibility index (Phi) is 8.40. The molecule has 2 atom stereocenters. The molecule has 32 heavy (non-hydrogen) atoms. The number of rotatable bonds is 10. The highest BCUT2D eigenvalue weighted by Gasteiger charge is 2.25. The lowest BCUT2D eigenvalue weighted by atomic mass is 9.87. The molecule has 3 rings (SSSR count). The van der Waals surface area contributed by atoms with Crippen molar-refractivity contribution in [2.45, 2.75) is 38.0 Å². The van der Waals surface area contributed by atoms with Gasteiger partial charge in [-0.25, -0.2) is 0 Å². The molecular weight excluding hydrogens is 449 g/mol. The molecule has 0 saturated carbocycles. The number of nitrogens with two attached hydrogens (primary N) is 1. The van der Waals surface area contributed by atoms with Crippen molar-refractivity contribution in [3.63, 3.8) is 0 Å². The number of hydrogen-bond acceptors (Lipinski definition) is 5. The molecule has 0 aliphatic heterocycles. The van der Waals surface area contributed by atoms with E-state index in [0.717, 1.165) is 11.1 Å². The first-order chi connectivity index (χ1) is 15.3. The summed E-state index contributed by atoms with van der Waals surface area (Å²) in [4.78, 5) is 0. The van der Waals surface area contributed by atoms with Crippen LogP contribution in [0.2, 0.25) is 10.0 Å². The topological polar surface area (TPSA) is 84.9 Å². The van der Waals surface area contributed by atoms with Crippen molar-refractivity contribution < 1.29 is 19.7 Å². The molecular formula is C25H27Cl2NO4. The zero-order valence-corrected chi connectivity index (χ0v) is 19.3. The molecule has 4 N–H and O–H groups in total. The van der Waals surface area contributed by atoms with Crippen molar-refractivity contribution in [2.75, 3.05) is 6.61 Å². The molecule has 7 heteroatoms. The van der Waals surface area contributed by atoms with Crippen molar-refractivity contribution in [1.29, 1.82) is 0 Å². The number of halogens is 2. The maximum atomic E-state index is 9.61. The van der Waals surface area contributed by atoms with Gasteiger partial charge in [-0.2, -0.15) is 0 Å². The maximum Gasteiger partial charge on any atom is 0.131 e. The van der Waals surface area contributed by atoms with Crippen molar-refractivity contribution >= 4 is 23.2 Å². The molecule has 0 saturated heterocycles. The van der Waals surface area contributed by atoms with Gasteiger partial charge in [0.25, 0.3) is 0 Å². The van der Waals surface area contributed by atoms with E-state index in [1.165, 1.54) is 0 Å². The average Bonchev–Trinajstić information content (AvgIpc) is 2.77. The van der Waals surface area contributed by atoms with Crippen molar-refractivity contribution in [1.82, 2.24) is 0 Å². The fourth-order valence-corrected chi connectivity index (χ4v) is 3.74. The molecule has 5 nitrogen and oxygen atoms in total. The molecule has 0 aliphatic carbocycles. The Morgan fingerprint density at radius 1 is 0.969 bits per heavy atom. The molecule has 0 fully saturated rings. The third kappa shape index (κ3) is 6.86. The molecule has 0 spiro atoms. The third-order valence-electron chi connectivity index (χ3n) is 5.12. The summed E-state index contributed by atoms with van der Waals surface area (Å²) in [6, 6.07) is 20.2. The highest BCUT2D eigenvalue weighted by molar-refractivity contribution is 6.31. The van der Waals surface area contributed by atoms with Crippen LogP contribution in [0.4, 0.5) is 0 Å². The Morgan fingerprint density at radius 2 is 1.66 bits per heavy atom. The van der Waals surface area contributed by atoms with Crippen molar-refractivity contribution in [2.24, 2.45) is 5.73 Å². The second kappa shape index (κ2) is 11.0. The van der Waals surface area contributed by atoms with E-state index in [0.29, 0.717) is 46.7 Å². The number of aliphatic hydroxyl groups excluding tert-OH is 2. The number of ether oxygens (including phenoxy) is 2. The van der Waals surface area contributed by atoms with Gasteiger partial charge in [0, 0.05) is 21.7 Å². The van der Waals surface area contributed by atoms with Gasteiger partial charge in [-0.3, -0.25) is 0 Å². The van der Waals surface area contributed by atoms with Crippen LogP contribution in [0, 0.1) is 0 Å². The Morgan fingerprint density at radius 3 is 2.34 bits per heavy atom. The fraction of sp³-hybridized carbons (Fsp3) is 0.280. The highest BCUT2D eigenvalue weighted by Crippen LogP contribution is 2.34. The van der Waals surface area contributed by atoms with Crippen LogP contribution in [-0.4, -0.2) is 22.9 Å². The molecule has 3 aromatic carbocycles. The molecule has 0 amide bonds. The second-order valence-corrected chi connectivity index (χ2v) is 8.77. The first-order valence-corrected chi connectivity index (χ1v) is 11.1. The predicted molar refractivity (Wildman–Crippen MR) is 128 cm³/mol. The summed E-state index contributed by atoms with van der Waals surface area (Å²) in [6.45, 7) is 1.97. The van der Waals surface area contributed by atoms with E-state index < -0.39 is 11.6 Å². The average molecular weight is 476 g/mol. The van der Waals surface area contributed by atoms with Gasteiger partial charge in [0.15, 0.2) is 0 Å². The van der Waals surface area contributed by atoms with Crippen LogP contribution in [0.15, 0.2) is 66.7 Å². The molecule has 0 aliphatic rings. The quantitative estimate of drug-likeness (QED) is 0.351. The molecule has 3 aromatic rings. The SMILES string of the molecule is CC(N)(CCC(O)CO)c1ccc(Oc2cccc(OCc3ccc(Cl)cc3)c2)cc1Cl. The molecule has 0 radical (unpaired) electrons. The summed E-state index contributed by atoms with van der Waals surface area (Å²) in [7, 11) is 0. The van der Waals surface area contributed by atoms with Gasteiger partial charge < -0.3 is 25.4 Å². The van der Waals surface area contributed by atoms with E-state index in [9.17, 15) is 5.11 Å². The van der Waals surface area contributed by atoms with Gasteiger partial charge in [-0.15, -0.1) is 0 Å². The summed E-state index contributed by atoms with van der Waals surface area (Å²) in [5.74, 6) is 1.86. The van der Waals surface area contributed by atoms with Gasteiger partial charge in [-0.1, -0.05) is 47.5 Å². The third-order valence-corrected chi connectivity index (χ3v) is 5.69. The lowest BCUT2D eigenvalue weighted by Crippen LogP contribution is -2.34. The Labute approximate surface area is 198 Å². The smallest absolute Gasteiger partial charge is 0.131 e. The largest absolute Gasteiger partial charge is 0.489 e. The van der Waals surface area contributed by atoms with Crippen LogP contribution in [0.3, 0.4) is 0 Å². The highest BCUT2D eigenvalue weighted by atomic mass is 35.5. The monoisotopic (exact) mass is 475 g/mol. The normalized spacial score (nSPS) is 13.9. The van der Waals surface area contributed by atoms with Crippen LogP contribution < -0.4 is 15.2 Å². The van der Waals surface area contributed by atoms with Crippen LogP contribution in [0.25, 0.3) is 0 Å². The number of benzene rings is 3. The van der Waals surface area contributed by atoms with Gasteiger partial charge in [-0.05, 0) is 67.3 Å². The predicted octanol–water partition coefficient (Wildman–Crippen LogP) is 5.67. The lowest BCUT2D eigenvalue weighted by Gasteiger charge is -2.27. The van der Waals surface area contributed by atoms with E-state index in [1.54, 1.807) is 18.2 Å². The van der Waals surface area contributed by atoms with Gasteiger partial charge >= 0.3 is 0 Å². The van der Waals surface area contributed by atoms with E-state index >= 15 is 0 Å². The maximum absolute atomic E-state index is 9.61. The Hall–Kier alpha value is -2.28. The standard InChI is InChI=1S/C25H27Cl2NO4/c1-25(28,12-11-19(30)15-29)23-10-9-22(14-24(23)27)32-21-4-2-3-20(13-21)31-16-17-5-7-18(26)8-6-17/h2-10,13-14,19,29-30H,11-12,15-16,28H2,1H3. The minimum atomic E-state index is -0.798. The summed E-state index contributed by atoms with van der Waals surface area (Å²) >= 11 is 12.4. The first kappa shape index (κ1) is 24.4. The lowest BCUT2D eigenvalue weighted by molar-refractivity contribution is 0.0812. The fourth-order valence-electron chi connectivity index (χ4n) is 3.23. The molecule has 0 heterocycles. The van der Waals surface area contributed by atoms with Crippen LogP contribution in [0.1, 0.15) is 30.9 Å². The molecule has 0 bridgehead atoms. The zero-order valence-electron chi connectivity index (χ0n) is 17.8. The number of aliphatic hydroxyl groups is 2. The van der Waals surface area contributed by atoms with Crippen LogP contribution in [0.5, 0.6) is 17.2 Å².